The van der Waals surface area contributed by atoms with E-state index in [1.165, 1.54) is 0 Å². The van der Waals surface area contributed by atoms with Gasteiger partial charge < -0.3 is 9.84 Å². The van der Waals surface area contributed by atoms with Gasteiger partial charge in [-0.15, -0.1) is 0 Å². The van der Waals surface area contributed by atoms with Crippen molar-refractivity contribution in [1.82, 2.24) is 0 Å². The standard InChI is InChI=1S/C9H16O2/c1-7-6-9(4-3-5-10)11-8(7)2/h3-4,7-10H,5-6H2,1-2H3/b4-3+/t7?,8?,9-/m1/s1. The number of aliphatic hydroxyl groups is 1. The number of hydrogen-bond donors (Lipinski definition) is 1. The predicted octanol–water partition coefficient (Wildman–Crippen LogP) is 1.35. The zero-order chi connectivity index (χ0) is 8.27. The molecule has 0 aliphatic carbocycles. The number of hydrogen-bond acceptors (Lipinski definition) is 2. The van der Waals surface area contributed by atoms with Gasteiger partial charge in [0.1, 0.15) is 0 Å². The summed E-state index contributed by atoms with van der Waals surface area (Å²) in [5, 5.41) is 8.52. The Balaban J connectivity index is 2.35. The second-order valence-corrected chi connectivity index (χ2v) is 3.20. The van der Waals surface area contributed by atoms with E-state index in [0.717, 1.165) is 6.42 Å². The Morgan fingerprint density at radius 3 is 2.73 bits per heavy atom. The van der Waals surface area contributed by atoms with E-state index in [1.807, 2.05) is 6.08 Å². The minimum atomic E-state index is 0.114. The Labute approximate surface area is 67.9 Å². The van der Waals surface area contributed by atoms with Crippen LogP contribution in [0.15, 0.2) is 12.2 Å². The molecule has 0 spiro atoms. The molecule has 1 aliphatic rings. The second kappa shape index (κ2) is 3.88. The molecule has 2 heteroatoms. The van der Waals surface area contributed by atoms with Crippen LogP contribution in [0.4, 0.5) is 0 Å². The van der Waals surface area contributed by atoms with E-state index in [-0.39, 0.29) is 12.7 Å². The highest BCUT2D eigenvalue weighted by molar-refractivity contribution is 4.94. The van der Waals surface area contributed by atoms with E-state index >= 15 is 0 Å². The Morgan fingerprint density at radius 2 is 2.27 bits per heavy atom. The van der Waals surface area contributed by atoms with Gasteiger partial charge in [-0.2, -0.15) is 0 Å². The summed E-state index contributed by atoms with van der Waals surface area (Å²) in [5.74, 6) is 0.642. The zero-order valence-corrected chi connectivity index (χ0v) is 7.16. The van der Waals surface area contributed by atoms with Gasteiger partial charge in [0.15, 0.2) is 0 Å². The van der Waals surface area contributed by atoms with Gasteiger partial charge >= 0.3 is 0 Å². The topological polar surface area (TPSA) is 29.5 Å². The molecule has 11 heavy (non-hydrogen) atoms. The highest BCUT2D eigenvalue weighted by atomic mass is 16.5. The zero-order valence-electron chi connectivity index (χ0n) is 7.16. The highest BCUT2D eigenvalue weighted by Crippen LogP contribution is 2.25. The third kappa shape index (κ3) is 2.31. The van der Waals surface area contributed by atoms with Gasteiger partial charge in [0.05, 0.1) is 18.8 Å². The quantitative estimate of drug-likeness (QED) is 0.611. The first-order valence-electron chi connectivity index (χ1n) is 4.17. The van der Waals surface area contributed by atoms with Crippen LogP contribution in [0.5, 0.6) is 0 Å². The molecule has 1 heterocycles. The lowest BCUT2D eigenvalue weighted by Gasteiger charge is -2.06. The fourth-order valence-corrected chi connectivity index (χ4v) is 1.36. The summed E-state index contributed by atoms with van der Waals surface area (Å²) in [7, 11) is 0. The lowest BCUT2D eigenvalue weighted by Crippen LogP contribution is -2.07. The first-order valence-corrected chi connectivity index (χ1v) is 4.17. The Hall–Kier alpha value is -0.340. The summed E-state index contributed by atoms with van der Waals surface area (Å²) < 4.78 is 5.58. The first-order chi connectivity index (χ1) is 5.24. The van der Waals surface area contributed by atoms with Crippen LogP contribution in [-0.2, 0) is 4.74 Å². The molecule has 0 saturated carbocycles. The average Bonchev–Trinajstić information content (AvgIpc) is 2.28. The molecule has 0 aromatic carbocycles. The highest BCUT2D eigenvalue weighted by Gasteiger charge is 2.26. The van der Waals surface area contributed by atoms with Gasteiger partial charge in [-0.05, 0) is 19.3 Å². The average molecular weight is 156 g/mol. The minimum Gasteiger partial charge on any atom is -0.392 e. The molecular weight excluding hydrogens is 140 g/mol. The summed E-state index contributed by atoms with van der Waals surface area (Å²) in [6, 6.07) is 0. The van der Waals surface area contributed by atoms with Crippen LogP contribution in [0.2, 0.25) is 0 Å². The lowest BCUT2D eigenvalue weighted by atomic mass is 10.0. The molecule has 1 saturated heterocycles. The minimum absolute atomic E-state index is 0.114. The Bertz CT molecular complexity index is 132. The van der Waals surface area contributed by atoms with E-state index in [9.17, 15) is 0 Å². The van der Waals surface area contributed by atoms with Gasteiger partial charge in [-0.25, -0.2) is 0 Å². The monoisotopic (exact) mass is 156 g/mol. The molecule has 64 valence electrons. The van der Waals surface area contributed by atoms with Crippen molar-refractivity contribution in [2.24, 2.45) is 5.92 Å². The van der Waals surface area contributed by atoms with Crippen molar-refractivity contribution in [1.29, 1.82) is 0 Å². The molecule has 2 nitrogen and oxygen atoms in total. The maximum absolute atomic E-state index is 8.52. The van der Waals surface area contributed by atoms with Gasteiger partial charge in [0.25, 0.3) is 0 Å². The molecule has 0 aromatic heterocycles. The number of aliphatic hydroxyl groups excluding tert-OH is 1. The van der Waals surface area contributed by atoms with Crippen LogP contribution in [-0.4, -0.2) is 23.9 Å². The molecule has 0 radical (unpaired) electrons. The van der Waals surface area contributed by atoms with E-state index in [0.29, 0.717) is 12.0 Å². The van der Waals surface area contributed by atoms with Crippen molar-refractivity contribution in [3.8, 4) is 0 Å². The van der Waals surface area contributed by atoms with Crippen molar-refractivity contribution in [2.45, 2.75) is 32.5 Å². The van der Waals surface area contributed by atoms with Crippen LogP contribution in [0, 0.1) is 5.92 Å². The van der Waals surface area contributed by atoms with E-state index in [4.69, 9.17) is 9.84 Å². The van der Waals surface area contributed by atoms with Crippen molar-refractivity contribution in [3.05, 3.63) is 12.2 Å². The second-order valence-electron chi connectivity index (χ2n) is 3.20. The maximum atomic E-state index is 8.52. The van der Waals surface area contributed by atoms with Crippen LogP contribution < -0.4 is 0 Å². The van der Waals surface area contributed by atoms with Crippen molar-refractivity contribution >= 4 is 0 Å². The smallest absolute Gasteiger partial charge is 0.0763 e. The van der Waals surface area contributed by atoms with Crippen molar-refractivity contribution in [3.63, 3.8) is 0 Å². The SMILES string of the molecule is CC1C[C@@H](/C=C/CO)OC1C. The van der Waals surface area contributed by atoms with E-state index in [2.05, 4.69) is 13.8 Å². The molecular formula is C9H16O2. The van der Waals surface area contributed by atoms with Crippen LogP contribution in [0.1, 0.15) is 20.3 Å². The molecule has 1 N–H and O–H groups in total. The number of ether oxygens (including phenoxy) is 1. The normalized spacial score (nSPS) is 38.6. The summed E-state index contributed by atoms with van der Waals surface area (Å²) in [6.45, 7) is 4.40. The van der Waals surface area contributed by atoms with Crippen molar-refractivity contribution in [2.75, 3.05) is 6.61 Å². The molecule has 0 amide bonds. The molecule has 0 bridgehead atoms. The van der Waals surface area contributed by atoms with Gasteiger partial charge in [-0.1, -0.05) is 19.1 Å². The Morgan fingerprint density at radius 1 is 1.55 bits per heavy atom. The maximum Gasteiger partial charge on any atom is 0.0763 e. The van der Waals surface area contributed by atoms with Crippen LogP contribution in [0.3, 0.4) is 0 Å². The molecule has 3 atom stereocenters. The Kier molecular flexibility index (Phi) is 3.09. The molecule has 0 aromatic rings. The fourth-order valence-electron chi connectivity index (χ4n) is 1.36. The van der Waals surface area contributed by atoms with E-state index in [1.54, 1.807) is 6.08 Å². The van der Waals surface area contributed by atoms with Crippen LogP contribution >= 0.6 is 0 Å². The van der Waals surface area contributed by atoms with Crippen molar-refractivity contribution < 1.29 is 9.84 Å². The summed E-state index contributed by atoms with van der Waals surface area (Å²) in [4.78, 5) is 0. The molecule has 2 unspecified atom stereocenters. The largest absolute Gasteiger partial charge is 0.392 e. The molecule has 1 rings (SSSR count). The third-order valence-electron chi connectivity index (χ3n) is 2.25. The van der Waals surface area contributed by atoms with Gasteiger partial charge in [-0.3, -0.25) is 0 Å². The van der Waals surface area contributed by atoms with E-state index < -0.39 is 0 Å². The summed E-state index contributed by atoms with van der Waals surface area (Å²) in [6.07, 6.45) is 5.36. The van der Waals surface area contributed by atoms with Gasteiger partial charge in [0, 0.05) is 0 Å². The molecule has 1 aliphatic heterocycles. The van der Waals surface area contributed by atoms with Gasteiger partial charge in [0.2, 0.25) is 0 Å². The number of rotatable bonds is 2. The van der Waals surface area contributed by atoms with Crippen LogP contribution in [0.25, 0.3) is 0 Å². The lowest BCUT2D eigenvalue weighted by molar-refractivity contribution is 0.0721. The third-order valence-corrected chi connectivity index (χ3v) is 2.25. The predicted molar refractivity (Wildman–Crippen MR) is 44.3 cm³/mol. The summed E-state index contributed by atoms with van der Waals surface area (Å²) in [5.41, 5.74) is 0. The fraction of sp³-hybridized carbons (Fsp3) is 0.778. The molecule has 1 fully saturated rings. The summed E-state index contributed by atoms with van der Waals surface area (Å²) >= 11 is 0. The first kappa shape index (κ1) is 8.75.